The lowest BCUT2D eigenvalue weighted by Crippen LogP contribution is -2.39. The third-order valence-electron chi connectivity index (χ3n) is 3.27. The van der Waals surface area contributed by atoms with Crippen LogP contribution in [0, 0.1) is 0 Å². The van der Waals surface area contributed by atoms with Gasteiger partial charge in [0.15, 0.2) is 0 Å². The molecule has 0 radical (unpaired) electrons. The molecule has 0 fully saturated rings. The van der Waals surface area contributed by atoms with E-state index < -0.39 is 0 Å². The minimum Gasteiger partial charge on any atom is -0.394 e. The van der Waals surface area contributed by atoms with Crippen molar-refractivity contribution in [1.82, 2.24) is 10.3 Å². The summed E-state index contributed by atoms with van der Waals surface area (Å²) in [5.41, 5.74) is 2.14. The van der Waals surface area contributed by atoms with Gasteiger partial charge in [-0.2, -0.15) is 0 Å². The van der Waals surface area contributed by atoms with Crippen molar-refractivity contribution in [3.63, 3.8) is 0 Å². The number of amides is 1. The quantitative estimate of drug-likeness (QED) is 0.814. The first-order valence-corrected chi connectivity index (χ1v) is 7.11. The van der Waals surface area contributed by atoms with Gasteiger partial charge in [-0.3, -0.25) is 9.78 Å². The highest BCUT2D eigenvalue weighted by molar-refractivity contribution is 5.76. The number of aliphatic hydroxyl groups is 1. The van der Waals surface area contributed by atoms with Crippen molar-refractivity contribution < 1.29 is 9.90 Å². The molecular formula is C17H20N2O2. The zero-order chi connectivity index (χ0) is 14.9. The van der Waals surface area contributed by atoms with Gasteiger partial charge in [-0.1, -0.05) is 36.4 Å². The molecule has 0 saturated carbocycles. The maximum atomic E-state index is 11.9. The number of hydrogen-bond donors (Lipinski definition) is 2. The van der Waals surface area contributed by atoms with E-state index in [1.807, 2.05) is 42.5 Å². The van der Waals surface area contributed by atoms with Crippen LogP contribution in [0.1, 0.15) is 17.5 Å². The van der Waals surface area contributed by atoms with Gasteiger partial charge in [0.25, 0.3) is 0 Å². The summed E-state index contributed by atoms with van der Waals surface area (Å²) < 4.78 is 0. The van der Waals surface area contributed by atoms with Crippen molar-refractivity contribution >= 4 is 5.91 Å². The second-order valence-corrected chi connectivity index (χ2v) is 5.00. The van der Waals surface area contributed by atoms with Crippen molar-refractivity contribution in [2.24, 2.45) is 0 Å². The van der Waals surface area contributed by atoms with Crippen LogP contribution in [0.2, 0.25) is 0 Å². The normalized spacial score (nSPS) is 11.9. The minimum atomic E-state index is -0.242. The van der Waals surface area contributed by atoms with Crippen molar-refractivity contribution in [2.45, 2.75) is 25.3 Å². The van der Waals surface area contributed by atoms with Crippen molar-refractivity contribution in [1.29, 1.82) is 0 Å². The van der Waals surface area contributed by atoms with Gasteiger partial charge in [-0.15, -0.1) is 0 Å². The van der Waals surface area contributed by atoms with Crippen LogP contribution in [-0.4, -0.2) is 28.6 Å². The smallest absolute Gasteiger partial charge is 0.220 e. The summed E-state index contributed by atoms with van der Waals surface area (Å²) in [5.74, 6) is -0.0474. The van der Waals surface area contributed by atoms with E-state index in [2.05, 4.69) is 10.3 Å². The number of nitrogens with zero attached hydrogens (tertiary/aromatic N) is 1. The number of carbonyl (C=O) groups is 1. The number of rotatable bonds is 7. The van der Waals surface area contributed by atoms with Crippen LogP contribution in [0.5, 0.6) is 0 Å². The van der Waals surface area contributed by atoms with Gasteiger partial charge in [0.1, 0.15) is 0 Å². The van der Waals surface area contributed by atoms with Crippen LogP contribution >= 0.6 is 0 Å². The molecule has 1 amide bonds. The molecule has 0 saturated heterocycles. The topological polar surface area (TPSA) is 62.2 Å². The number of nitrogens with one attached hydrogen (secondary N) is 1. The van der Waals surface area contributed by atoms with E-state index >= 15 is 0 Å². The number of benzene rings is 1. The molecule has 4 nitrogen and oxygen atoms in total. The number of aliphatic hydroxyl groups excluding tert-OH is 1. The molecule has 0 aliphatic rings. The third-order valence-corrected chi connectivity index (χ3v) is 3.27. The summed E-state index contributed by atoms with van der Waals surface area (Å²) in [6.07, 6.45) is 5.17. The fourth-order valence-electron chi connectivity index (χ4n) is 2.16. The second kappa shape index (κ2) is 8.17. The highest BCUT2D eigenvalue weighted by Gasteiger charge is 2.12. The SMILES string of the molecule is O=C(CCc1cccnc1)NC(CO)Cc1ccccc1. The number of pyridine rings is 1. The van der Waals surface area contributed by atoms with E-state index in [9.17, 15) is 9.90 Å². The summed E-state index contributed by atoms with van der Waals surface area (Å²) in [6, 6.07) is 13.4. The molecule has 0 aliphatic carbocycles. The Labute approximate surface area is 124 Å². The van der Waals surface area contributed by atoms with Gasteiger partial charge in [0.05, 0.1) is 12.6 Å². The molecule has 2 aromatic rings. The van der Waals surface area contributed by atoms with Crippen LogP contribution in [0.4, 0.5) is 0 Å². The lowest BCUT2D eigenvalue weighted by Gasteiger charge is -2.16. The number of hydrogen-bond acceptors (Lipinski definition) is 3. The third kappa shape index (κ3) is 5.36. The largest absolute Gasteiger partial charge is 0.394 e. The van der Waals surface area contributed by atoms with E-state index in [1.54, 1.807) is 12.4 Å². The summed E-state index contributed by atoms with van der Waals surface area (Å²) in [6.45, 7) is -0.0620. The molecule has 1 atom stereocenters. The number of aromatic nitrogens is 1. The maximum absolute atomic E-state index is 11.9. The summed E-state index contributed by atoms with van der Waals surface area (Å²) >= 11 is 0. The van der Waals surface area contributed by atoms with Gasteiger partial charge in [0.2, 0.25) is 5.91 Å². The Morgan fingerprint density at radius 3 is 2.57 bits per heavy atom. The van der Waals surface area contributed by atoms with Crippen LogP contribution in [0.3, 0.4) is 0 Å². The summed E-state index contributed by atoms with van der Waals surface area (Å²) in [7, 11) is 0. The first-order chi connectivity index (χ1) is 10.3. The molecule has 4 heteroatoms. The first-order valence-electron chi connectivity index (χ1n) is 7.11. The highest BCUT2D eigenvalue weighted by Crippen LogP contribution is 2.04. The zero-order valence-electron chi connectivity index (χ0n) is 11.9. The lowest BCUT2D eigenvalue weighted by atomic mass is 10.1. The van der Waals surface area contributed by atoms with E-state index in [-0.39, 0.29) is 18.6 Å². The molecule has 0 aliphatic heterocycles. The Balaban J connectivity index is 1.80. The van der Waals surface area contributed by atoms with Crippen LogP contribution in [-0.2, 0) is 17.6 Å². The zero-order valence-corrected chi connectivity index (χ0v) is 11.9. The van der Waals surface area contributed by atoms with Crippen LogP contribution in [0.25, 0.3) is 0 Å². The molecule has 1 heterocycles. The van der Waals surface area contributed by atoms with E-state index in [1.165, 1.54) is 0 Å². The van der Waals surface area contributed by atoms with Gasteiger partial charge in [-0.05, 0) is 30.0 Å². The lowest BCUT2D eigenvalue weighted by molar-refractivity contribution is -0.122. The van der Waals surface area contributed by atoms with E-state index in [0.717, 1.165) is 11.1 Å². The predicted molar refractivity (Wildman–Crippen MR) is 81.7 cm³/mol. The first kappa shape index (κ1) is 15.2. The second-order valence-electron chi connectivity index (χ2n) is 5.00. The van der Waals surface area contributed by atoms with Crippen LogP contribution < -0.4 is 5.32 Å². The monoisotopic (exact) mass is 284 g/mol. The van der Waals surface area contributed by atoms with Gasteiger partial charge in [0, 0.05) is 18.8 Å². The number of aryl methyl sites for hydroxylation is 1. The number of carbonyl (C=O) groups excluding carboxylic acids is 1. The fourth-order valence-corrected chi connectivity index (χ4v) is 2.16. The predicted octanol–water partition coefficient (Wildman–Crippen LogP) is 1.73. The molecule has 2 N–H and O–H groups in total. The Morgan fingerprint density at radius 1 is 1.14 bits per heavy atom. The molecule has 2 rings (SSSR count). The van der Waals surface area contributed by atoms with E-state index in [4.69, 9.17) is 0 Å². The Morgan fingerprint density at radius 2 is 1.90 bits per heavy atom. The standard InChI is InChI=1S/C17H20N2O2/c20-13-16(11-14-5-2-1-3-6-14)19-17(21)9-8-15-7-4-10-18-12-15/h1-7,10,12,16,20H,8-9,11,13H2,(H,19,21). The Bertz CT molecular complexity index is 543. The van der Waals surface area contributed by atoms with E-state index in [0.29, 0.717) is 19.3 Å². The Hall–Kier alpha value is -2.20. The van der Waals surface area contributed by atoms with Crippen molar-refractivity contribution in [3.05, 3.63) is 66.0 Å². The molecule has 0 spiro atoms. The highest BCUT2D eigenvalue weighted by atomic mass is 16.3. The Kier molecular flexibility index (Phi) is 5.91. The average Bonchev–Trinajstić information content (AvgIpc) is 2.54. The average molecular weight is 284 g/mol. The summed E-state index contributed by atoms with van der Waals surface area (Å²) in [5, 5.41) is 12.3. The van der Waals surface area contributed by atoms with Crippen molar-refractivity contribution in [3.8, 4) is 0 Å². The van der Waals surface area contributed by atoms with Gasteiger partial charge < -0.3 is 10.4 Å². The molecular weight excluding hydrogens is 264 g/mol. The minimum absolute atomic E-state index is 0.0474. The van der Waals surface area contributed by atoms with Crippen LogP contribution in [0.15, 0.2) is 54.9 Å². The summed E-state index contributed by atoms with van der Waals surface area (Å²) in [4.78, 5) is 16.0. The molecule has 0 bridgehead atoms. The van der Waals surface area contributed by atoms with Gasteiger partial charge >= 0.3 is 0 Å². The molecule has 110 valence electrons. The molecule has 1 aromatic carbocycles. The molecule has 1 unspecified atom stereocenters. The van der Waals surface area contributed by atoms with Crippen molar-refractivity contribution in [2.75, 3.05) is 6.61 Å². The molecule has 1 aromatic heterocycles. The van der Waals surface area contributed by atoms with Gasteiger partial charge in [-0.25, -0.2) is 0 Å². The fraction of sp³-hybridized carbons (Fsp3) is 0.294. The maximum Gasteiger partial charge on any atom is 0.220 e. The molecule has 21 heavy (non-hydrogen) atoms.